The van der Waals surface area contributed by atoms with Crippen LogP contribution in [0.5, 0.6) is 0 Å². The first-order chi connectivity index (χ1) is 13.1. The molecule has 1 aromatic heterocycles. The van der Waals surface area contributed by atoms with Crippen LogP contribution < -0.4 is 10.2 Å². The first-order valence-electron chi connectivity index (χ1n) is 9.12. The molecule has 3 heterocycles. The Morgan fingerprint density at radius 2 is 2.04 bits per heavy atom. The summed E-state index contributed by atoms with van der Waals surface area (Å²) in [5.41, 5.74) is 1.01. The number of nitrogens with zero attached hydrogens (tertiary/aromatic N) is 3. The molecule has 8 nitrogen and oxygen atoms in total. The minimum Gasteiger partial charge on any atom is -0.348 e. The minimum absolute atomic E-state index is 0.105. The zero-order valence-electron chi connectivity index (χ0n) is 14.9. The largest absolute Gasteiger partial charge is 0.348 e. The number of carbonyl (C=O) groups is 3. The second kappa shape index (κ2) is 7.22. The number of para-hydroxylation sites is 1. The van der Waals surface area contributed by atoms with E-state index >= 15 is 0 Å². The van der Waals surface area contributed by atoms with Crippen LogP contribution in [0.15, 0.2) is 36.7 Å². The maximum absolute atomic E-state index is 13.2. The number of imidazole rings is 1. The molecule has 2 aromatic rings. The number of carbonyl (C=O) groups excluding carboxylic acids is 3. The summed E-state index contributed by atoms with van der Waals surface area (Å²) in [5, 5.41) is 2.31. The van der Waals surface area contributed by atoms with Crippen molar-refractivity contribution < 1.29 is 14.4 Å². The van der Waals surface area contributed by atoms with Crippen molar-refractivity contribution in [2.24, 2.45) is 0 Å². The fourth-order valence-electron chi connectivity index (χ4n) is 3.74. The number of benzene rings is 1. The number of hydrogen-bond donors (Lipinski definition) is 2. The molecule has 0 radical (unpaired) electrons. The highest BCUT2D eigenvalue weighted by atomic mass is 16.2. The molecule has 1 aromatic carbocycles. The van der Waals surface area contributed by atoms with E-state index in [-0.39, 0.29) is 30.7 Å². The molecule has 2 aliphatic heterocycles. The van der Waals surface area contributed by atoms with Crippen LogP contribution in [-0.4, -0.2) is 52.3 Å². The lowest BCUT2D eigenvalue weighted by atomic mass is 9.96. The molecule has 1 atom stereocenters. The van der Waals surface area contributed by atoms with Crippen molar-refractivity contribution in [1.82, 2.24) is 20.2 Å². The third-order valence-electron chi connectivity index (χ3n) is 5.09. The molecule has 2 N–H and O–H groups in total. The van der Waals surface area contributed by atoms with E-state index in [4.69, 9.17) is 0 Å². The smallest absolute Gasteiger partial charge is 0.328 e. The third-order valence-corrected chi connectivity index (χ3v) is 5.09. The van der Waals surface area contributed by atoms with Gasteiger partial charge in [-0.2, -0.15) is 0 Å². The predicted octanol–water partition coefficient (Wildman–Crippen LogP) is 1.88. The van der Waals surface area contributed by atoms with Crippen molar-refractivity contribution in [3.05, 3.63) is 48.0 Å². The number of aromatic nitrogens is 2. The van der Waals surface area contributed by atoms with Gasteiger partial charge in [0.25, 0.3) is 5.91 Å². The van der Waals surface area contributed by atoms with Gasteiger partial charge in [-0.15, -0.1) is 0 Å². The highest BCUT2D eigenvalue weighted by Gasteiger charge is 2.31. The van der Waals surface area contributed by atoms with Gasteiger partial charge in [-0.05, 0) is 25.0 Å². The fourth-order valence-corrected chi connectivity index (χ4v) is 3.74. The highest BCUT2D eigenvalue weighted by Crippen LogP contribution is 2.28. The summed E-state index contributed by atoms with van der Waals surface area (Å²) in [7, 11) is 0. The van der Waals surface area contributed by atoms with Crippen molar-refractivity contribution in [2.75, 3.05) is 24.5 Å². The van der Waals surface area contributed by atoms with Crippen molar-refractivity contribution in [3.63, 3.8) is 0 Å². The van der Waals surface area contributed by atoms with Gasteiger partial charge in [0, 0.05) is 44.4 Å². The van der Waals surface area contributed by atoms with Gasteiger partial charge in [-0.25, -0.2) is 9.78 Å². The number of likely N-dealkylation sites (tertiary alicyclic amines) is 1. The fraction of sp³-hybridized carbons (Fsp3) is 0.368. The highest BCUT2D eigenvalue weighted by molar-refractivity contribution is 6.09. The zero-order valence-corrected chi connectivity index (χ0v) is 14.9. The Bertz CT molecular complexity index is 864. The number of hydrogen-bond acceptors (Lipinski definition) is 4. The Morgan fingerprint density at radius 1 is 1.19 bits per heavy atom. The molecule has 2 fully saturated rings. The monoisotopic (exact) mass is 367 g/mol. The summed E-state index contributed by atoms with van der Waals surface area (Å²) in [4.78, 5) is 47.6. The predicted molar refractivity (Wildman–Crippen MR) is 98.4 cm³/mol. The van der Waals surface area contributed by atoms with Crippen LogP contribution in [0.4, 0.5) is 10.5 Å². The summed E-state index contributed by atoms with van der Waals surface area (Å²) in [6, 6.07) is 6.57. The van der Waals surface area contributed by atoms with E-state index in [1.54, 1.807) is 36.7 Å². The summed E-state index contributed by atoms with van der Waals surface area (Å²) < 4.78 is 0. The number of urea groups is 1. The maximum Gasteiger partial charge on any atom is 0.328 e. The first kappa shape index (κ1) is 17.3. The molecule has 4 rings (SSSR count). The second-order valence-corrected chi connectivity index (χ2v) is 6.84. The number of anilines is 1. The lowest BCUT2D eigenvalue weighted by molar-refractivity contribution is -0.120. The standard InChI is InChI=1S/C19H21N5O3/c25-16-7-11-24(19(27)22-16)15-6-2-1-5-14(15)18(26)23-10-3-4-13(12-23)17-20-8-9-21-17/h1-2,5-6,8-9,13H,3-4,7,10-12H2,(H,20,21)(H,22,25,27). The summed E-state index contributed by atoms with van der Waals surface area (Å²) in [5.74, 6) is 0.680. The number of nitrogens with one attached hydrogen (secondary N) is 2. The summed E-state index contributed by atoms with van der Waals surface area (Å²) >= 11 is 0. The Hall–Kier alpha value is -3.16. The number of rotatable bonds is 3. The van der Waals surface area contributed by atoms with Gasteiger partial charge in [-0.1, -0.05) is 12.1 Å². The van der Waals surface area contributed by atoms with Crippen molar-refractivity contribution in [2.45, 2.75) is 25.2 Å². The van der Waals surface area contributed by atoms with E-state index in [0.29, 0.717) is 24.3 Å². The lowest BCUT2D eigenvalue weighted by Gasteiger charge is -2.34. The number of imide groups is 1. The molecular formula is C19H21N5O3. The first-order valence-corrected chi connectivity index (χ1v) is 9.12. The Balaban J connectivity index is 1.57. The third kappa shape index (κ3) is 3.42. The molecule has 4 amide bonds. The average molecular weight is 367 g/mol. The van der Waals surface area contributed by atoms with Gasteiger partial charge in [0.1, 0.15) is 5.82 Å². The van der Waals surface area contributed by atoms with Gasteiger partial charge in [0.2, 0.25) is 5.91 Å². The van der Waals surface area contributed by atoms with Crippen LogP contribution in [0.2, 0.25) is 0 Å². The lowest BCUT2D eigenvalue weighted by Crippen LogP contribution is -2.50. The molecule has 140 valence electrons. The number of aromatic amines is 1. The molecule has 8 heteroatoms. The van der Waals surface area contributed by atoms with Crippen LogP contribution in [-0.2, 0) is 4.79 Å². The average Bonchev–Trinajstić information content (AvgIpc) is 3.23. The molecule has 2 saturated heterocycles. The zero-order chi connectivity index (χ0) is 18.8. The van der Waals surface area contributed by atoms with Crippen LogP contribution in [0.1, 0.15) is 41.4 Å². The Morgan fingerprint density at radius 3 is 2.81 bits per heavy atom. The molecule has 27 heavy (non-hydrogen) atoms. The van der Waals surface area contributed by atoms with Crippen molar-refractivity contribution >= 4 is 23.5 Å². The van der Waals surface area contributed by atoms with E-state index in [9.17, 15) is 14.4 Å². The second-order valence-electron chi connectivity index (χ2n) is 6.84. The van der Waals surface area contributed by atoms with Crippen LogP contribution in [0, 0.1) is 0 Å². The quantitative estimate of drug-likeness (QED) is 0.865. The molecule has 0 bridgehead atoms. The van der Waals surface area contributed by atoms with Gasteiger partial charge >= 0.3 is 6.03 Å². The minimum atomic E-state index is -0.487. The van der Waals surface area contributed by atoms with Gasteiger partial charge in [0.05, 0.1) is 11.3 Å². The Labute approximate surface area is 156 Å². The SMILES string of the molecule is O=C1CCN(c2ccccc2C(=O)N2CCCC(c3ncc[nH]3)C2)C(=O)N1. The molecule has 0 spiro atoms. The molecule has 0 aliphatic carbocycles. The van der Waals surface area contributed by atoms with Gasteiger partial charge < -0.3 is 9.88 Å². The van der Waals surface area contributed by atoms with Crippen LogP contribution in [0.25, 0.3) is 0 Å². The Kier molecular flexibility index (Phi) is 4.62. The van der Waals surface area contributed by atoms with Crippen molar-refractivity contribution in [1.29, 1.82) is 0 Å². The normalized spacial score (nSPS) is 20.5. The van der Waals surface area contributed by atoms with E-state index in [1.165, 1.54) is 4.90 Å². The number of piperidine rings is 1. The topological polar surface area (TPSA) is 98.4 Å². The molecule has 1 unspecified atom stereocenters. The molecular weight excluding hydrogens is 346 g/mol. The van der Waals surface area contributed by atoms with Gasteiger partial charge in [-0.3, -0.25) is 19.8 Å². The van der Waals surface area contributed by atoms with E-state index in [0.717, 1.165) is 18.7 Å². The van der Waals surface area contributed by atoms with E-state index in [1.807, 2.05) is 4.90 Å². The maximum atomic E-state index is 13.2. The van der Waals surface area contributed by atoms with Crippen LogP contribution in [0.3, 0.4) is 0 Å². The van der Waals surface area contributed by atoms with E-state index in [2.05, 4.69) is 15.3 Å². The van der Waals surface area contributed by atoms with Crippen molar-refractivity contribution in [3.8, 4) is 0 Å². The number of H-pyrrole nitrogens is 1. The molecule has 0 saturated carbocycles. The summed E-state index contributed by atoms with van der Waals surface area (Å²) in [6.45, 7) is 1.53. The summed E-state index contributed by atoms with van der Waals surface area (Å²) in [6.07, 6.45) is 5.62. The molecule has 2 aliphatic rings. The van der Waals surface area contributed by atoms with Gasteiger partial charge in [0.15, 0.2) is 0 Å². The number of amides is 4. The van der Waals surface area contributed by atoms with E-state index < -0.39 is 6.03 Å². The van der Waals surface area contributed by atoms with Crippen LogP contribution >= 0.6 is 0 Å².